The molecule has 0 amide bonds. The first-order valence-corrected chi connectivity index (χ1v) is 7.37. The van der Waals surface area contributed by atoms with E-state index in [1.165, 1.54) is 5.56 Å². The standard InChI is InChI=1S/C16H16Cl2N2O/c17-13-6-7-14(18)15(10-13)21-11-16(19)20-9-8-12-4-2-1-3-5-12/h1-7,10H,8-9,11H2,(H2,19,20)/p+1. The Hall–Kier alpha value is -1.71. The predicted molar refractivity (Wildman–Crippen MR) is 87.1 cm³/mol. The minimum absolute atomic E-state index is 0.245. The van der Waals surface area contributed by atoms with Crippen LogP contribution < -0.4 is 15.5 Å². The van der Waals surface area contributed by atoms with Gasteiger partial charge in [-0.25, -0.2) is 0 Å². The third kappa shape index (κ3) is 5.29. The van der Waals surface area contributed by atoms with Crippen molar-refractivity contribution in [2.45, 2.75) is 6.42 Å². The van der Waals surface area contributed by atoms with Crippen molar-refractivity contribution >= 4 is 29.0 Å². The molecule has 0 atom stereocenters. The van der Waals surface area contributed by atoms with Gasteiger partial charge in [0.15, 0.2) is 6.61 Å². The molecule has 5 heteroatoms. The summed E-state index contributed by atoms with van der Waals surface area (Å²) in [6.07, 6.45) is 0.902. The van der Waals surface area contributed by atoms with Crippen LogP contribution in [0.3, 0.4) is 0 Å². The molecule has 3 nitrogen and oxygen atoms in total. The fourth-order valence-corrected chi connectivity index (χ4v) is 2.14. The average molecular weight is 324 g/mol. The molecular formula is C16H17Cl2N2O+. The van der Waals surface area contributed by atoms with Crippen molar-refractivity contribution in [3.05, 3.63) is 64.1 Å². The van der Waals surface area contributed by atoms with Gasteiger partial charge < -0.3 is 4.74 Å². The molecule has 0 saturated heterocycles. The second kappa shape index (κ2) is 7.91. The Morgan fingerprint density at radius 2 is 1.86 bits per heavy atom. The van der Waals surface area contributed by atoms with Gasteiger partial charge >= 0.3 is 0 Å². The summed E-state index contributed by atoms with van der Waals surface area (Å²) < 4.78 is 5.54. The lowest BCUT2D eigenvalue weighted by Gasteiger charge is -2.06. The van der Waals surface area contributed by atoms with Crippen LogP contribution in [0.15, 0.2) is 48.5 Å². The van der Waals surface area contributed by atoms with E-state index in [-0.39, 0.29) is 6.61 Å². The lowest BCUT2D eigenvalue weighted by molar-refractivity contribution is -0.459. The van der Waals surface area contributed by atoms with E-state index >= 15 is 0 Å². The number of amidine groups is 1. The molecule has 0 spiro atoms. The molecule has 0 aromatic heterocycles. The highest BCUT2D eigenvalue weighted by Crippen LogP contribution is 2.27. The van der Waals surface area contributed by atoms with Crippen molar-refractivity contribution in [3.8, 4) is 5.75 Å². The highest BCUT2D eigenvalue weighted by molar-refractivity contribution is 6.34. The van der Waals surface area contributed by atoms with E-state index in [1.807, 2.05) is 18.2 Å². The molecule has 3 N–H and O–H groups in total. The Balaban J connectivity index is 1.82. The monoisotopic (exact) mass is 323 g/mol. The van der Waals surface area contributed by atoms with Crippen molar-refractivity contribution in [3.63, 3.8) is 0 Å². The first-order valence-electron chi connectivity index (χ1n) is 6.62. The Kier molecular flexibility index (Phi) is 5.90. The van der Waals surface area contributed by atoms with Gasteiger partial charge in [-0.1, -0.05) is 53.5 Å². The van der Waals surface area contributed by atoms with Gasteiger partial charge in [-0.2, -0.15) is 0 Å². The van der Waals surface area contributed by atoms with Gasteiger partial charge in [0.05, 0.1) is 11.6 Å². The topological polar surface area (TPSA) is 49.2 Å². The zero-order valence-electron chi connectivity index (χ0n) is 11.5. The third-order valence-corrected chi connectivity index (χ3v) is 3.43. The molecule has 0 aliphatic carbocycles. The molecule has 110 valence electrons. The lowest BCUT2D eigenvalue weighted by Crippen LogP contribution is -2.77. The van der Waals surface area contributed by atoms with Crippen LogP contribution in [0.25, 0.3) is 0 Å². The largest absolute Gasteiger partial charge is 0.479 e. The summed E-state index contributed by atoms with van der Waals surface area (Å²) in [6, 6.07) is 15.3. The quantitative estimate of drug-likeness (QED) is 0.631. The fourth-order valence-electron chi connectivity index (χ4n) is 1.81. The zero-order valence-corrected chi connectivity index (χ0v) is 13.0. The minimum atomic E-state index is 0.245. The second-order valence-corrected chi connectivity index (χ2v) is 5.39. The third-order valence-electron chi connectivity index (χ3n) is 2.88. The smallest absolute Gasteiger partial charge is 0.279 e. The number of ether oxygens (including phenoxy) is 1. The van der Waals surface area contributed by atoms with Gasteiger partial charge in [-0.3, -0.25) is 10.7 Å². The van der Waals surface area contributed by atoms with Crippen LogP contribution in [0.1, 0.15) is 5.56 Å². The van der Waals surface area contributed by atoms with Gasteiger partial charge in [0, 0.05) is 17.5 Å². The van der Waals surface area contributed by atoms with Gasteiger partial charge in [0.25, 0.3) is 5.84 Å². The molecule has 0 fully saturated rings. The molecule has 2 aromatic rings. The average Bonchev–Trinajstić information content (AvgIpc) is 2.49. The SMILES string of the molecule is NC(COc1cc(Cl)ccc1Cl)=[NH+]CCc1ccccc1. The summed E-state index contributed by atoms with van der Waals surface area (Å²) in [5.41, 5.74) is 7.14. The maximum atomic E-state index is 6.01. The number of benzene rings is 2. The lowest BCUT2D eigenvalue weighted by atomic mass is 10.2. The van der Waals surface area contributed by atoms with Gasteiger partial charge in [0.1, 0.15) is 5.75 Å². The number of halogens is 2. The Bertz CT molecular complexity index is 615. The number of hydrogen-bond acceptors (Lipinski definition) is 1. The molecule has 0 aliphatic heterocycles. The van der Waals surface area contributed by atoms with E-state index in [2.05, 4.69) is 17.1 Å². The van der Waals surface area contributed by atoms with E-state index in [0.29, 0.717) is 21.6 Å². The zero-order chi connectivity index (χ0) is 15.1. The summed E-state index contributed by atoms with van der Waals surface area (Å²) in [7, 11) is 0. The summed E-state index contributed by atoms with van der Waals surface area (Å²) >= 11 is 11.9. The van der Waals surface area contributed by atoms with E-state index in [0.717, 1.165) is 13.0 Å². The Labute approximate surface area is 134 Å². The number of rotatable bonds is 6. The molecule has 2 rings (SSSR count). The van der Waals surface area contributed by atoms with E-state index in [4.69, 9.17) is 33.7 Å². The van der Waals surface area contributed by atoms with Crippen LogP contribution >= 0.6 is 23.2 Å². The van der Waals surface area contributed by atoms with Gasteiger partial charge in [-0.15, -0.1) is 0 Å². The molecule has 2 aromatic carbocycles. The highest BCUT2D eigenvalue weighted by atomic mass is 35.5. The van der Waals surface area contributed by atoms with E-state index in [9.17, 15) is 0 Å². The maximum absolute atomic E-state index is 6.01. The first kappa shape index (κ1) is 15.7. The molecule has 0 aliphatic rings. The molecular weight excluding hydrogens is 307 g/mol. The van der Waals surface area contributed by atoms with Gasteiger partial charge in [-0.05, 0) is 17.7 Å². The molecule has 0 bridgehead atoms. The second-order valence-electron chi connectivity index (χ2n) is 4.55. The number of nitrogens with one attached hydrogen (secondary N) is 1. The van der Waals surface area contributed by atoms with Crippen LogP contribution in [-0.2, 0) is 6.42 Å². The van der Waals surface area contributed by atoms with Crippen LogP contribution in [0.5, 0.6) is 5.75 Å². The minimum Gasteiger partial charge on any atom is -0.479 e. The van der Waals surface area contributed by atoms with E-state index in [1.54, 1.807) is 18.2 Å². The van der Waals surface area contributed by atoms with E-state index < -0.39 is 0 Å². The van der Waals surface area contributed by atoms with Crippen molar-refractivity contribution in [1.82, 2.24) is 0 Å². The normalized spacial score (nSPS) is 11.4. The Morgan fingerprint density at radius 3 is 2.62 bits per heavy atom. The molecule has 0 heterocycles. The molecule has 0 saturated carbocycles. The van der Waals surface area contributed by atoms with Crippen LogP contribution in [0.4, 0.5) is 0 Å². The number of hydrogen-bond donors (Lipinski definition) is 2. The van der Waals surface area contributed by atoms with Crippen molar-refractivity contribution in [1.29, 1.82) is 0 Å². The molecule has 21 heavy (non-hydrogen) atoms. The van der Waals surface area contributed by atoms with Gasteiger partial charge in [0.2, 0.25) is 0 Å². The number of nitrogens with two attached hydrogens (primary N) is 1. The van der Waals surface area contributed by atoms with Crippen LogP contribution in [-0.4, -0.2) is 19.0 Å². The molecule has 0 radical (unpaired) electrons. The van der Waals surface area contributed by atoms with Crippen LogP contribution in [0, 0.1) is 0 Å². The predicted octanol–water partition coefficient (Wildman–Crippen LogP) is 2.05. The summed E-state index contributed by atoms with van der Waals surface area (Å²) in [5, 5.41) is 1.08. The summed E-state index contributed by atoms with van der Waals surface area (Å²) in [5.74, 6) is 1.08. The summed E-state index contributed by atoms with van der Waals surface area (Å²) in [4.78, 5) is 3.13. The Morgan fingerprint density at radius 1 is 1.10 bits per heavy atom. The maximum Gasteiger partial charge on any atom is 0.279 e. The van der Waals surface area contributed by atoms with Crippen molar-refractivity contribution < 1.29 is 9.73 Å². The van der Waals surface area contributed by atoms with Crippen molar-refractivity contribution in [2.75, 3.05) is 13.2 Å². The van der Waals surface area contributed by atoms with Crippen molar-refractivity contribution in [2.24, 2.45) is 5.73 Å². The fraction of sp³-hybridized carbons (Fsp3) is 0.188. The summed E-state index contributed by atoms with van der Waals surface area (Å²) in [6.45, 7) is 0.997. The first-order chi connectivity index (χ1) is 10.1. The van der Waals surface area contributed by atoms with Crippen LogP contribution in [0.2, 0.25) is 10.0 Å². The molecule has 0 unspecified atom stereocenters. The highest BCUT2D eigenvalue weighted by Gasteiger charge is 2.06.